The number of rotatable bonds is 10. The van der Waals surface area contributed by atoms with Crippen LogP contribution in [0.1, 0.15) is 18.1 Å². The van der Waals surface area contributed by atoms with Crippen LogP contribution in [-0.4, -0.2) is 55.7 Å². The van der Waals surface area contributed by atoms with Crippen LogP contribution in [0, 0.1) is 5.92 Å². The molecule has 10 nitrogen and oxygen atoms in total. The lowest BCUT2D eigenvalue weighted by Crippen LogP contribution is -2.44. The fraction of sp³-hybridized carbons (Fsp3) is 0.222. The number of nitrogens with one attached hydrogen (secondary N) is 1. The van der Waals surface area contributed by atoms with Gasteiger partial charge in [-0.25, -0.2) is 19.1 Å². The zero-order valence-corrected chi connectivity index (χ0v) is 22.0. The van der Waals surface area contributed by atoms with E-state index < -0.39 is 28.4 Å². The van der Waals surface area contributed by atoms with Crippen molar-refractivity contribution in [1.82, 2.24) is 19.1 Å². The topological polar surface area (TPSA) is 117 Å². The van der Waals surface area contributed by atoms with E-state index in [1.54, 1.807) is 73.8 Å². The molecule has 0 aliphatic heterocycles. The molecule has 0 spiro atoms. The third kappa shape index (κ3) is 6.91. The van der Waals surface area contributed by atoms with Crippen LogP contribution in [0.2, 0.25) is 0 Å². The zero-order valence-electron chi connectivity index (χ0n) is 22.0. The summed E-state index contributed by atoms with van der Waals surface area (Å²) < 4.78 is 12.6. The molecule has 2 aromatic carbocycles. The molecule has 1 atom stereocenters. The maximum absolute atomic E-state index is 13.5. The second-order valence-corrected chi connectivity index (χ2v) is 9.17. The average molecular weight is 531 g/mol. The van der Waals surface area contributed by atoms with Crippen molar-refractivity contribution in [1.29, 1.82) is 0 Å². The Kier molecular flexibility index (Phi) is 8.62. The molecule has 1 N–H and O–H groups in total. The summed E-state index contributed by atoms with van der Waals surface area (Å²) in [5.41, 5.74) is 0.242. The lowest BCUT2D eigenvalue weighted by Gasteiger charge is -2.21. The summed E-state index contributed by atoms with van der Waals surface area (Å²) in [7, 11) is 18.5. The van der Waals surface area contributed by atoms with Gasteiger partial charge in [-0.3, -0.25) is 9.36 Å². The second-order valence-electron chi connectivity index (χ2n) is 9.17. The molecule has 0 bridgehead atoms. The van der Waals surface area contributed by atoms with Gasteiger partial charge in [0.05, 0.1) is 43.1 Å². The zero-order chi connectivity index (χ0) is 28.9. The third-order valence-electron chi connectivity index (χ3n) is 5.98. The van der Waals surface area contributed by atoms with E-state index in [1.807, 2.05) is 6.07 Å². The number of carbonyl (C=O) groups is 1. The Bertz CT molecular complexity index is 1590. The highest BCUT2D eigenvalue weighted by Gasteiger charge is 2.20. The number of aromatic nitrogens is 4. The minimum Gasteiger partial charge on any atom is -0.469 e. The van der Waals surface area contributed by atoms with Crippen LogP contribution in [-0.2, 0) is 27.7 Å². The van der Waals surface area contributed by atoms with Gasteiger partial charge >= 0.3 is 17.3 Å². The van der Waals surface area contributed by atoms with Crippen LogP contribution in [0.15, 0.2) is 82.5 Å². The molecule has 2 aromatic heterocycles. The largest absolute Gasteiger partial charge is 0.469 e. The number of benzene rings is 2. The number of carbonyl (C=O) groups excluding carboxylic acids is 1. The van der Waals surface area contributed by atoms with E-state index in [2.05, 4.69) is 15.3 Å². The van der Waals surface area contributed by atoms with Gasteiger partial charge in [0.2, 0.25) is 11.8 Å². The Morgan fingerprint density at radius 2 is 1.70 bits per heavy atom. The molecule has 4 rings (SSSR count). The lowest BCUT2D eigenvalue weighted by atomic mass is 9.40. The van der Waals surface area contributed by atoms with E-state index in [0.29, 0.717) is 28.4 Å². The molecule has 0 saturated carbocycles. The van der Waals surface area contributed by atoms with Crippen molar-refractivity contribution in [3.05, 3.63) is 105 Å². The Balaban J connectivity index is 1.67. The van der Waals surface area contributed by atoms with Crippen LogP contribution in [0.4, 0.5) is 11.6 Å². The first-order chi connectivity index (χ1) is 19.0. The van der Waals surface area contributed by atoms with Crippen LogP contribution >= 0.6 is 0 Å². The second kappa shape index (κ2) is 12.1. The monoisotopic (exact) mass is 531 g/mol. The summed E-state index contributed by atoms with van der Waals surface area (Å²) in [6.45, 7) is 1.39. The SMILES string of the molecule is [B]C([B])([B])c1ccc(Cn2c(Nc3ccc(Oc4ccccn4)cc3)nc(=O)n(C[C@H](C)C(=O)OC)c2=O)cc1. The highest BCUT2D eigenvalue weighted by molar-refractivity contribution is 6.58. The molecule has 0 amide bonds. The first kappa shape index (κ1) is 28.5. The fourth-order valence-electron chi connectivity index (χ4n) is 3.82. The lowest BCUT2D eigenvalue weighted by molar-refractivity contribution is -0.145. The van der Waals surface area contributed by atoms with Crippen LogP contribution in [0.5, 0.6) is 11.6 Å². The van der Waals surface area contributed by atoms with Crippen molar-refractivity contribution >= 4 is 41.1 Å². The number of nitrogens with zero attached hydrogens (tertiary/aromatic N) is 4. The van der Waals surface area contributed by atoms with Gasteiger partial charge < -0.3 is 14.8 Å². The molecule has 0 fully saturated rings. The van der Waals surface area contributed by atoms with E-state index in [-0.39, 0.29) is 19.0 Å². The molecule has 0 unspecified atom stereocenters. The highest BCUT2D eigenvalue weighted by Crippen LogP contribution is 2.23. The van der Waals surface area contributed by atoms with Gasteiger partial charge in [0.1, 0.15) is 5.75 Å². The van der Waals surface area contributed by atoms with Crippen molar-refractivity contribution in [3.63, 3.8) is 0 Å². The molecular formula is C27H24B3N5O5. The standard InChI is InChI=1S/C27H24B3N5O5/c1-17(23(36)39-2)15-35-25(37)33-24(32-20-10-12-21(13-11-20)40-22-5-3-4-14-31-22)34(26(35)38)16-18-6-8-19(9-7-18)27(28,29)30/h3-14,17H,15-16H2,1-2H3,(H,32,33,37)/t17-/m0/s1. The predicted molar refractivity (Wildman–Crippen MR) is 152 cm³/mol. The van der Waals surface area contributed by atoms with E-state index >= 15 is 0 Å². The quantitative estimate of drug-likeness (QED) is 0.244. The average Bonchev–Trinajstić information content (AvgIpc) is 2.94. The number of methoxy groups -OCH3 is 1. The molecule has 13 heteroatoms. The number of ether oxygens (including phenoxy) is 2. The van der Waals surface area contributed by atoms with Gasteiger partial charge in [-0.1, -0.05) is 42.8 Å². The van der Waals surface area contributed by atoms with E-state index in [4.69, 9.17) is 33.0 Å². The van der Waals surface area contributed by atoms with Crippen molar-refractivity contribution in [2.45, 2.75) is 25.1 Å². The molecule has 4 aromatic rings. The van der Waals surface area contributed by atoms with Gasteiger partial charge in [0.25, 0.3) is 0 Å². The smallest absolute Gasteiger partial charge is 0.354 e. The van der Waals surface area contributed by atoms with Crippen molar-refractivity contribution in [2.24, 2.45) is 5.92 Å². The van der Waals surface area contributed by atoms with Crippen molar-refractivity contribution in [2.75, 3.05) is 12.4 Å². The number of anilines is 2. The minimum absolute atomic E-state index is 0.00487. The fourth-order valence-corrected chi connectivity index (χ4v) is 3.82. The molecular weight excluding hydrogens is 507 g/mol. The summed E-state index contributed by atoms with van der Waals surface area (Å²) in [4.78, 5) is 46.6. The van der Waals surface area contributed by atoms with Crippen molar-refractivity contribution in [3.8, 4) is 11.6 Å². The van der Waals surface area contributed by atoms with E-state index in [0.717, 1.165) is 4.57 Å². The van der Waals surface area contributed by atoms with Crippen molar-refractivity contribution < 1.29 is 14.3 Å². The maximum atomic E-state index is 13.5. The summed E-state index contributed by atoms with van der Waals surface area (Å²) in [6.07, 6.45) is 1.62. The van der Waals surface area contributed by atoms with Gasteiger partial charge in [-0.05, 0) is 35.9 Å². The van der Waals surface area contributed by atoms with Crippen LogP contribution in [0.25, 0.3) is 0 Å². The Morgan fingerprint density at radius 3 is 2.30 bits per heavy atom. The molecule has 0 saturated heterocycles. The van der Waals surface area contributed by atoms with Gasteiger partial charge in [-0.15, -0.1) is 5.11 Å². The first-order valence-corrected chi connectivity index (χ1v) is 12.3. The molecule has 0 aliphatic rings. The Hall–Kier alpha value is -4.54. The number of hydrogen-bond acceptors (Lipinski definition) is 8. The van der Waals surface area contributed by atoms with Gasteiger partial charge in [0, 0.05) is 24.5 Å². The molecule has 0 aliphatic carbocycles. The Labute approximate surface area is 234 Å². The maximum Gasteiger partial charge on any atom is 0.354 e. The number of pyridine rings is 1. The summed E-state index contributed by atoms with van der Waals surface area (Å²) in [6, 6.07) is 18.9. The van der Waals surface area contributed by atoms with Crippen LogP contribution < -0.4 is 21.4 Å². The molecule has 2 heterocycles. The molecule has 6 radical (unpaired) electrons. The minimum atomic E-state index is -1.52. The Morgan fingerprint density at radius 1 is 1.00 bits per heavy atom. The molecule has 196 valence electrons. The van der Waals surface area contributed by atoms with Crippen LogP contribution in [0.3, 0.4) is 0 Å². The normalized spacial score (nSPS) is 11.9. The summed E-state index contributed by atoms with van der Waals surface area (Å²) in [5, 5.41) is 1.51. The van der Waals surface area contributed by atoms with Gasteiger partial charge in [-0.2, -0.15) is 4.98 Å². The number of hydrogen-bond donors (Lipinski definition) is 1. The predicted octanol–water partition coefficient (Wildman–Crippen LogP) is 1.81. The van der Waals surface area contributed by atoms with E-state index in [9.17, 15) is 14.4 Å². The number of esters is 1. The highest BCUT2D eigenvalue weighted by atomic mass is 16.5. The van der Waals surface area contributed by atoms with Gasteiger partial charge in [0.15, 0.2) is 0 Å². The van der Waals surface area contributed by atoms with E-state index in [1.165, 1.54) is 11.7 Å². The summed E-state index contributed by atoms with van der Waals surface area (Å²) in [5.74, 6) is -0.326. The summed E-state index contributed by atoms with van der Waals surface area (Å²) >= 11 is 0. The first-order valence-electron chi connectivity index (χ1n) is 12.3. The molecule has 40 heavy (non-hydrogen) atoms. The third-order valence-corrected chi connectivity index (χ3v) is 5.98.